The number of nitrogens with two attached hydrogens (primary N) is 1. The maximum absolute atomic E-state index is 12.4. The van der Waals surface area contributed by atoms with Gasteiger partial charge in [-0.05, 0) is 25.3 Å². The van der Waals surface area contributed by atoms with Crippen molar-refractivity contribution in [3.05, 3.63) is 18.0 Å². The molecule has 1 aliphatic heterocycles. The van der Waals surface area contributed by atoms with E-state index >= 15 is 0 Å². The zero-order valence-electron chi connectivity index (χ0n) is 12.8. The minimum Gasteiger partial charge on any atom is -0.397 e. The minimum absolute atomic E-state index is 0.00698. The van der Waals surface area contributed by atoms with E-state index in [1.165, 1.54) is 0 Å². The number of amides is 2. The molecule has 1 aromatic heterocycles. The Balaban J connectivity index is 1.87. The van der Waals surface area contributed by atoms with E-state index in [0.29, 0.717) is 30.9 Å². The van der Waals surface area contributed by atoms with E-state index in [-0.39, 0.29) is 17.9 Å². The highest BCUT2D eigenvalue weighted by atomic mass is 16.2. The lowest BCUT2D eigenvalue weighted by Crippen LogP contribution is -2.46. The highest BCUT2D eigenvalue weighted by Crippen LogP contribution is 2.16. The number of hydrogen-bond donors (Lipinski definition) is 2. The monoisotopic (exact) mass is 292 g/mol. The summed E-state index contributed by atoms with van der Waals surface area (Å²) in [7, 11) is 1.82. The van der Waals surface area contributed by atoms with Crippen molar-refractivity contribution in [2.24, 2.45) is 7.05 Å². The van der Waals surface area contributed by atoms with E-state index in [1.54, 1.807) is 16.8 Å². The van der Waals surface area contributed by atoms with Crippen LogP contribution in [0.2, 0.25) is 0 Å². The number of nitrogens with zero attached hydrogens (tertiary/aromatic N) is 2. The van der Waals surface area contributed by atoms with Gasteiger partial charge in [-0.2, -0.15) is 0 Å². The van der Waals surface area contributed by atoms with Gasteiger partial charge >= 0.3 is 0 Å². The highest BCUT2D eigenvalue weighted by molar-refractivity contribution is 5.93. The number of hydrogen-bond acceptors (Lipinski definition) is 3. The molecule has 3 N–H and O–H groups in total. The van der Waals surface area contributed by atoms with Crippen LogP contribution in [-0.4, -0.2) is 40.4 Å². The molecule has 6 nitrogen and oxygen atoms in total. The predicted octanol–water partition coefficient (Wildman–Crippen LogP) is 1.13. The fourth-order valence-electron chi connectivity index (χ4n) is 2.72. The maximum Gasteiger partial charge on any atom is 0.270 e. The first-order valence-corrected chi connectivity index (χ1v) is 7.51. The Kier molecular flexibility index (Phi) is 4.88. The fraction of sp³-hybridized carbons (Fsp3) is 0.600. The first-order chi connectivity index (χ1) is 10.0. The van der Waals surface area contributed by atoms with E-state index in [0.717, 1.165) is 19.3 Å². The summed E-state index contributed by atoms with van der Waals surface area (Å²) in [4.78, 5) is 25.8. The summed E-state index contributed by atoms with van der Waals surface area (Å²) < 4.78 is 1.76. The maximum atomic E-state index is 12.4. The molecule has 0 aromatic carbocycles. The molecular formula is C15H24N4O2. The van der Waals surface area contributed by atoms with Gasteiger partial charge in [0.15, 0.2) is 0 Å². The molecule has 0 atom stereocenters. The quantitative estimate of drug-likeness (QED) is 0.873. The molecule has 21 heavy (non-hydrogen) atoms. The van der Waals surface area contributed by atoms with Gasteiger partial charge in [0, 0.05) is 38.8 Å². The number of carbonyl (C=O) groups is 2. The van der Waals surface area contributed by atoms with Crippen LogP contribution >= 0.6 is 0 Å². The van der Waals surface area contributed by atoms with Gasteiger partial charge in [-0.1, -0.05) is 6.92 Å². The number of aryl methyl sites for hydroxylation is 1. The number of rotatable bonds is 4. The van der Waals surface area contributed by atoms with Gasteiger partial charge in [0.05, 0.1) is 5.69 Å². The lowest BCUT2D eigenvalue weighted by molar-refractivity contribution is -0.122. The van der Waals surface area contributed by atoms with Crippen molar-refractivity contribution in [2.75, 3.05) is 18.8 Å². The average molecular weight is 292 g/mol. The molecule has 116 valence electrons. The van der Waals surface area contributed by atoms with Gasteiger partial charge in [-0.3, -0.25) is 9.59 Å². The Morgan fingerprint density at radius 3 is 2.57 bits per heavy atom. The van der Waals surface area contributed by atoms with Crippen LogP contribution in [0.15, 0.2) is 12.3 Å². The number of anilines is 1. The van der Waals surface area contributed by atoms with Crippen molar-refractivity contribution in [1.82, 2.24) is 14.8 Å². The molecule has 0 unspecified atom stereocenters. The SMILES string of the molecule is CCCC(=O)NC1CCN(C(=O)c2cc(N)cn2C)CC1. The number of nitrogen functional groups attached to an aromatic ring is 1. The summed E-state index contributed by atoms with van der Waals surface area (Å²) in [5.74, 6) is 0.116. The second-order valence-electron chi connectivity index (χ2n) is 5.65. The molecule has 6 heteroatoms. The van der Waals surface area contributed by atoms with Crippen molar-refractivity contribution in [2.45, 2.75) is 38.6 Å². The second-order valence-corrected chi connectivity index (χ2v) is 5.65. The lowest BCUT2D eigenvalue weighted by atomic mass is 10.0. The number of likely N-dealkylation sites (tertiary alicyclic amines) is 1. The largest absolute Gasteiger partial charge is 0.397 e. The van der Waals surface area contributed by atoms with Gasteiger partial charge in [0.2, 0.25) is 5.91 Å². The van der Waals surface area contributed by atoms with Gasteiger partial charge in [0.25, 0.3) is 5.91 Å². The Morgan fingerprint density at radius 2 is 2.05 bits per heavy atom. The Labute approximate surface area is 125 Å². The molecule has 1 aliphatic rings. The molecule has 0 bridgehead atoms. The van der Waals surface area contributed by atoms with Crippen molar-refractivity contribution in [3.8, 4) is 0 Å². The summed E-state index contributed by atoms with van der Waals surface area (Å²) in [6, 6.07) is 1.89. The molecule has 0 radical (unpaired) electrons. The normalized spacial score (nSPS) is 16.0. The van der Waals surface area contributed by atoms with E-state index < -0.39 is 0 Å². The van der Waals surface area contributed by atoms with Crippen molar-refractivity contribution in [3.63, 3.8) is 0 Å². The summed E-state index contributed by atoms with van der Waals surface area (Å²) in [6.45, 7) is 3.33. The number of aromatic nitrogens is 1. The number of piperidine rings is 1. The Morgan fingerprint density at radius 1 is 1.38 bits per heavy atom. The van der Waals surface area contributed by atoms with E-state index in [1.807, 2.05) is 18.9 Å². The third-order valence-electron chi connectivity index (χ3n) is 3.87. The van der Waals surface area contributed by atoms with Gasteiger partial charge in [-0.15, -0.1) is 0 Å². The molecule has 2 heterocycles. The van der Waals surface area contributed by atoms with Gasteiger partial charge in [-0.25, -0.2) is 0 Å². The van der Waals surface area contributed by atoms with Crippen LogP contribution in [0.25, 0.3) is 0 Å². The van der Waals surface area contributed by atoms with Crippen LogP contribution in [-0.2, 0) is 11.8 Å². The van der Waals surface area contributed by atoms with E-state index in [2.05, 4.69) is 5.32 Å². The van der Waals surface area contributed by atoms with Crippen LogP contribution in [0.4, 0.5) is 5.69 Å². The second kappa shape index (κ2) is 6.65. The van der Waals surface area contributed by atoms with Crippen LogP contribution in [0.3, 0.4) is 0 Å². The molecule has 2 rings (SSSR count). The third-order valence-corrected chi connectivity index (χ3v) is 3.87. The van der Waals surface area contributed by atoms with Crippen molar-refractivity contribution >= 4 is 17.5 Å². The molecule has 1 fully saturated rings. The smallest absolute Gasteiger partial charge is 0.270 e. The fourth-order valence-corrected chi connectivity index (χ4v) is 2.72. The Hall–Kier alpha value is -1.98. The molecule has 1 aromatic rings. The van der Waals surface area contributed by atoms with E-state index in [9.17, 15) is 9.59 Å². The predicted molar refractivity (Wildman–Crippen MR) is 81.8 cm³/mol. The molecule has 0 spiro atoms. The lowest BCUT2D eigenvalue weighted by Gasteiger charge is -2.32. The number of nitrogens with one attached hydrogen (secondary N) is 1. The van der Waals surface area contributed by atoms with Crippen LogP contribution in [0, 0.1) is 0 Å². The summed E-state index contributed by atoms with van der Waals surface area (Å²) >= 11 is 0. The first kappa shape index (κ1) is 15.4. The van der Waals surface area contributed by atoms with Crippen molar-refractivity contribution < 1.29 is 9.59 Å². The highest BCUT2D eigenvalue weighted by Gasteiger charge is 2.25. The Bertz CT molecular complexity index is 516. The molecule has 2 amide bonds. The molecule has 0 aliphatic carbocycles. The molecule has 1 saturated heterocycles. The molecule has 0 saturated carbocycles. The average Bonchev–Trinajstić information content (AvgIpc) is 2.78. The topological polar surface area (TPSA) is 80.4 Å². The van der Waals surface area contributed by atoms with Crippen LogP contribution in [0.5, 0.6) is 0 Å². The zero-order valence-corrected chi connectivity index (χ0v) is 12.8. The van der Waals surface area contributed by atoms with Crippen molar-refractivity contribution in [1.29, 1.82) is 0 Å². The first-order valence-electron chi connectivity index (χ1n) is 7.51. The van der Waals surface area contributed by atoms with E-state index in [4.69, 9.17) is 5.73 Å². The third kappa shape index (κ3) is 3.77. The zero-order chi connectivity index (χ0) is 15.4. The van der Waals surface area contributed by atoms with Gasteiger partial charge in [0.1, 0.15) is 5.69 Å². The molecular weight excluding hydrogens is 268 g/mol. The van der Waals surface area contributed by atoms with Crippen LogP contribution in [0.1, 0.15) is 43.1 Å². The van der Waals surface area contributed by atoms with Crippen LogP contribution < -0.4 is 11.1 Å². The summed E-state index contributed by atoms with van der Waals surface area (Å²) in [5.41, 5.74) is 6.92. The summed E-state index contributed by atoms with van der Waals surface area (Å²) in [5, 5.41) is 3.03. The minimum atomic E-state index is 0.00698. The number of carbonyl (C=O) groups excluding carboxylic acids is 2. The summed E-state index contributed by atoms with van der Waals surface area (Å²) in [6.07, 6.45) is 4.78. The standard InChI is InChI=1S/C15H24N4O2/c1-3-4-14(20)17-12-5-7-19(8-6-12)15(21)13-9-11(16)10-18(13)2/h9-10,12H,3-8,16H2,1-2H3,(H,17,20). The van der Waals surface area contributed by atoms with Gasteiger partial charge < -0.3 is 20.5 Å².